The molecule has 0 bridgehead atoms. The van der Waals surface area contributed by atoms with Gasteiger partial charge in [-0.1, -0.05) is 89.1 Å². The average molecular weight is 306 g/mol. The minimum atomic E-state index is 0.206. The van der Waals surface area contributed by atoms with Crippen LogP contribution < -0.4 is 0 Å². The summed E-state index contributed by atoms with van der Waals surface area (Å²) in [6, 6.07) is 18.3. The van der Waals surface area contributed by atoms with Crippen molar-refractivity contribution in [2.24, 2.45) is 11.8 Å². The zero-order chi connectivity index (χ0) is 16.4. The maximum absolute atomic E-state index is 2.42. The summed E-state index contributed by atoms with van der Waals surface area (Å²) in [4.78, 5) is 0. The van der Waals surface area contributed by atoms with Gasteiger partial charge >= 0.3 is 0 Å². The Morgan fingerprint density at radius 2 is 1.09 bits per heavy atom. The third-order valence-corrected chi connectivity index (χ3v) is 5.96. The Bertz CT molecular complexity index is 608. The minimum Gasteiger partial charge on any atom is -0.0651 e. The fourth-order valence-electron chi connectivity index (χ4n) is 4.42. The third-order valence-electron chi connectivity index (χ3n) is 5.96. The number of benzene rings is 2. The summed E-state index contributed by atoms with van der Waals surface area (Å²) in [7, 11) is 0. The quantitative estimate of drug-likeness (QED) is 0.549. The Labute approximate surface area is 141 Å². The van der Waals surface area contributed by atoms with Crippen LogP contribution in [0, 0.1) is 11.8 Å². The normalized spacial score (nSPS) is 17.4. The molecule has 0 spiro atoms. The number of hydrogen-bond acceptors (Lipinski definition) is 0. The van der Waals surface area contributed by atoms with Gasteiger partial charge in [-0.05, 0) is 46.9 Å². The first-order valence-corrected chi connectivity index (χ1v) is 9.31. The van der Waals surface area contributed by atoms with Crippen LogP contribution in [0.3, 0.4) is 0 Å². The van der Waals surface area contributed by atoms with Gasteiger partial charge in [0.2, 0.25) is 0 Å². The third kappa shape index (κ3) is 2.73. The summed E-state index contributed by atoms with van der Waals surface area (Å²) in [5, 5.41) is 0. The summed E-state index contributed by atoms with van der Waals surface area (Å²) in [6.07, 6.45) is 5.04. The molecule has 0 heterocycles. The molecule has 23 heavy (non-hydrogen) atoms. The maximum Gasteiger partial charge on any atom is 0.0220 e. The predicted octanol–water partition coefficient (Wildman–Crippen LogP) is 6.83. The lowest BCUT2D eigenvalue weighted by Gasteiger charge is -2.36. The summed E-state index contributed by atoms with van der Waals surface area (Å²) in [5.41, 5.74) is 6.28. The molecule has 0 aromatic heterocycles. The molecule has 0 aliphatic heterocycles. The Morgan fingerprint density at radius 3 is 1.48 bits per heavy atom. The Balaban J connectivity index is 2.20. The summed E-state index contributed by atoms with van der Waals surface area (Å²) in [6.45, 7) is 9.49. The van der Waals surface area contributed by atoms with E-state index in [0.717, 1.165) is 11.8 Å². The molecule has 1 aliphatic carbocycles. The van der Waals surface area contributed by atoms with Crippen molar-refractivity contribution in [3.8, 4) is 11.1 Å². The van der Waals surface area contributed by atoms with Crippen molar-refractivity contribution in [3.63, 3.8) is 0 Å². The molecule has 0 N–H and O–H groups in total. The van der Waals surface area contributed by atoms with Crippen LogP contribution in [0.1, 0.15) is 64.5 Å². The molecule has 0 fully saturated rings. The van der Waals surface area contributed by atoms with E-state index < -0.39 is 0 Å². The maximum atomic E-state index is 2.42. The van der Waals surface area contributed by atoms with Crippen molar-refractivity contribution in [1.29, 1.82) is 0 Å². The molecule has 0 saturated heterocycles. The second kappa shape index (κ2) is 6.51. The van der Waals surface area contributed by atoms with Crippen molar-refractivity contribution in [2.75, 3.05) is 0 Å². The molecule has 0 amide bonds. The van der Waals surface area contributed by atoms with Gasteiger partial charge in [0.05, 0.1) is 0 Å². The van der Waals surface area contributed by atoms with Crippen LogP contribution in [-0.4, -0.2) is 0 Å². The highest BCUT2D eigenvalue weighted by Crippen LogP contribution is 2.55. The number of rotatable bonds is 6. The standard InChI is InChI=1S/C23H30/c1-5-17(3)15-23(16-18(4)6-2)21-13-9-7-11-19(21)20-12-8-10-14-22(20)23/h7-14,17-18H,5-6,15-16H2,1-4H3/t17-,18-/m0/s1. The lowest BCUT2D eigenvalue weighted by molar-refractivity contribution is 0.308. The Kier molecular flexibility index (Phi) is 4.62. The van der Waals surface area contributed by atoms with Crippen LogP contribution in [0.2, 0.25) is 0 Å². The van der Waals surface area contributed by atoms with Gasteiger partial charge in [0.15, 0.2) is 0 Å². The van der Waals surface area contributed by atoms with Crippen LogP contribution in [-0.2, 0) is 5.41 Å². The lowest BCUT2D eigenvalue weighted by Crippen LogP contribution is -2.30. The fourth-order valence-corrected chi connectivity index (χ4v) is 4.42. The summed E-state index contributed by atoms with van der Waals surface area (Å²) >= 11 is 0. The molecule has 0 saturated carbocycles. The SMILES string of the molecule is CC[C@H](C)CC1(C[C@@H](C)CC)c2ccccc2-c2ccccc21. The second-order valence-corrected chi connectivity index (χ2v) is 7.61. The van der Waals surface area contributed by atoms with Crippen molar-refractivity contribution < 1.29 is 0 Å². The van der Waals surface area contributed by atoms with Gasteiger partial charge in [-0.3, -0.25) is 0 Å². The van der Waals surface area contributed by atoms with E-state index in [2.05, 4.69) is 76.2 Å². The van der Waals surface area contributed by atoms with Gasteiger partial charge in [-0.2, -0.15) is 0 Å². The zero-order valence-corrected chi connectivity index (χ0v) is 15.1. The predicted molar refractivity (Wildman–Crippen MR) is 101 cm³/mol. The van der Waals surface area contributed by atoms with Crippen LogP contribution in [0.15, 0.2) is 48.5 Å². The Morgan fingerprint density at radius 1 is 0.696 bits per heavy atom. The molecule has 0 nitrogen and oxygen atoms in total. The van der Waals surface area contributed by atoms with Gasteiger partial charge in [-0.15, -0.1) is 0 Å². The topological polar surface area (TPSA) is 0 Å². The van der Waals surface area contributed by atoms with Gasteiger partial charge < -0.3 is 0 Å². The van der Waals surface area contributed by atoms with E-state index >= 15 is 0 Å². The van der Waals surface area contributed by atoms with E-state index in [4.69, 9.17) is 0 Å². The monoisotopic (exact) mass is 306 g/mol. The van der Waals surface area contributed by atoms with Crippen molar-refractivity contribution in [2.45, 2.75) is 58.8 Å². The largest absolute Gasteiger partial charge is 0.0651 e. The van der Waals surface area contributed by atoms with Crippen molar-refractivity contribution in [1.82, 2.24) is 0 Å². The first-order chi connectivity index (χ1) is 11.1. The summed E-state index contributed by atoms with van der Waals surface area (Å²) in [5.74, 6) is 1.50. The lowest BCUT2D eigenvalue weighted by atomic mass is 9.67. The molecule has 1 aliphatic rings. The molecule has 2 aromatic carbocycles. The first-order valence-electron chi connectivity index (χ1n) is 9.31. The molecule has 0 unspecified atom stereocenters. The molecule has 122 valence electrons. The zero-order valence-electron chi connectivity index (χ0n) is 15.1. The highest BCUT2D eigenvalue weighted by molar-refractivity contribution is 5.81. The molecular formula is C23H30. The molecule has 0 heteroatoms. The van der Waals surface area contributed by atoms with Gasteiger partial charge in [0, 0.05) is 5.41 Å². The smallest absolute Gasteiger partial charge is 0.0220 e. The summed E-state index contributed by atoms with van der Waals surface area (Å²) < 4.78 is 0. The first kappa shape index (κ1) is 16.3. The highest BCUT2D eigenvalue weighted by Gasteiger charge is 2.43. The minimum absolute atomic E-state index is 0.206. The average Bonchev–Trinajstić information content (AvgIpc) is 2.86. The molecular weight excluding hydrogens is 276 g/mol. The van der Waals surface area contributed by atoms with E-state index in [1.807, 2.05) is 0 Å². The van der Waals surface area contributed by atoms with E-state index in [1.165, 1.54) is 36.8 Å². The van der Waals surface area contributed by atoms with Crippen LogP contribution >= 0.6 is 0 Å². The van der Waals surface area contributed by atoms with Crippen molar-refractivity contribution >= 4 is 0 Å². The van der Waals surface area contributed by atoms with Crippen LogP contribution in [0.25, 0.3) is 11.1 Å². The van der Waals surface area contributed by atoms with E-state index in [9.17, 15) is 0 Å². The highest BCUT2D eigenvalue weighted by atomic mass is 14.5. The van der Waals surface area contributed by atoms with Gasteiger partial charge in [-0.25, -0.2) is 0 Å². The second-order valence-electron chi connectivity index (χ2n) is 7.61. The molecule has 0 radical (unpaired) electrons. The van der Waals surface area contributed by atoms with Crippen molar-refractivity contribution in [3.05, 3.63) is 59.7 Å². The Hall–Kier alpha value is -1.56. The van der Waals surface area contributed by atoms with E-state index in [-0.39, 0.29) is 5.41 Å². The molecule has 2 aromatic rings. The van der Waals surface area contributed by atoms with Gasteiger partial charge in [0.25, 0.3) is 0 Å². The van der Waals surface area contributed by atoms with E-state index in [1.54, 1.807) is 11.1 Å². The molecule has 3 rings (SSSR count). The number of fused-ring (bicyclic) bond motifs is 3. The van der Waals surface area contributed by atoms with Crippen LogP contribution in [0.5, 0.6) is 0 Å². The fraction of sp³-hybridized carbons (Fsp3) is 0.478. The number of hydrogen-bond donors (Lipinski definition) is 0. The van der Waals surface area contributed by atoms with Gasteiger partial charge in [0.1, 0.15) is 0 Å². The van der Waals surface area contributed by atoms with Crippen LogP contribution in [0.4, 0.5) is 0 Å². The molecule has 2 atom stereocenters. The van der Waals surface area contributed by atoms with E-state index in [0.29, 0.717) is 0 Å².